The fourth-order valence-corrected chi connectivity index (χ4v) is 1.55. The fraction of sp³-hybridized carbons (Fsp3) is 0.538. The molecule has 1 rings (SSSR count). The van der Waals surface area contributed by atoms with E-state index in [1.54, 1.807) is 18.0 Å². The number of ether oxygens (including phenoxy) is 1. The number of hydrogen-bond donors (Lipinski definition) is 2. The molecular formula is C13H21FN2O2. The molecule has 1 atom stereocenters. The minimum absolute atomic E-state index is 0.00152. The third-order valence-electron chi connectivity index (χ3n) is 2.85. The van der Waals surface area contributed by atoms with E-state index in [2.05, 4.69) is 0 Å². The van der Waals surface area contributed by atoms with Crippen LogP contribution in [0.5, 0.6) is 5.75 Å². The van der Waals surface area contributed by atoms with Gasteiger partial charge in [-0.2, -0.15) is 0 Å². The first-order valence-electron chi connectivity index (χ1n) is 6.06. The maximum absolute atomic E-state index is 13.6. The molecule has 0 spiro atoms. The second kappa shape index (κ2) is 6.44. The fourth-order valence-electron chi connectivity index (χ4n) is 1.55. The summed E-state index contributed by atoms with van der Waals surface area (Å²) >= 11 is 0. The third-order valence-corrected chi connectivity index (χ3v) is 2.85. The van der Waals surface area contributed by atoms with E-state index in [1.165, 1.54) is 6.07 Å². The largest absolute Gasteiger partial charge is 0.490 e. The number of nitrogen functional groups attached to an aromatic ring is 1. The van der Waals surface area contributed by atoms with Crippen LogP contribution in [0.3, 0.4) is 0 Å². The van der Waals surface area contributed by atoms with Crippen molar-refractivity contribution in [3.8, 4) is 5.75 Å². The van der Waals surface area contributed by atoms with E-state index >= 15 is 0 Å². The summed E-state index contributed by atoms with van der Waals surface area (Å²) in [6.07, 6.45) is 0.808. The average Bonchev–Trinajstić information content (AvgIpc) is 2.36. The van der Waals surface area contributed by atoms with Crippen LogP contribution in [-0.4, -0.2) is 31.4 Å². The Hall–Kier alpha value is -1.49. The summed E-state index contributed by atoms with van der Waals surface area (Å²) in [5.74, 6) is -0.271. The zero-order valence-corrected chi connectivity index (χ0v) is 11.1. The third kappa shape index (κ3) is 3.26. The van der Waals surface area contributed by atoms with Crippen LogP contribution >= 0.6 is 0 Å². The zero-order valence-electron chi connectivity index (χ0n) is 11.1. The lowest BCUT2D eigenvalue weighted by molar-refractivity contribution is 0.270. The molecule has 102 valence electrons. The Morgan fingerprint density at radius 3 is 2.72 bits per heavy atom. The SMILES string of the molecule is CCCOc1cc(N(C)C(C)CO)c(N)cc1F. The molecule has 0 aliphatic heterocycles. The van der Waals surface area contributed by atoms with E-state index in [4.69, 9.17) is 15.6 Å². The van der Waals surface area contributed by atoms with Crippen molar-refractivity contribution in [3.63, 3.8) is 0 Å². The van der Waals surface area contributed by atoms with Gasteiger partial charge < -0.3 is 20.5 Å². The Labute approximate surface area is 107 Å². The van der Waals surface area contributed by atoms with Crippen molar-refractivity contribution in [2.45, 2.75) is 26.3 Å². The molecule has 1 aromatic carbocycles. The number of aliphatic hydroxyl groups excluding tert-OH is 1. The monoisotopic (exact) mass is 256 g/mol. The Bertz CT molecular complexity index is 399. The Morgan fingerprint density at radius 2 is 2.17 bits per heavy atom. The van der Waals surface area contributed by atoms with Crippen molar-refractivity contribution in [1.29, 1.82) is 0 Å². The number of nitrogens with two attached hydrogens (primary N) is 1. The number of aliphatic hydroxyl groups is 1. The number of nitrogens with zero attached hydrogens (tertiary/aromatic N) is 1. The van der Waals surface area contributed by atoms with Crippen LogP contribution in [0, 0.1) is 5.82 Å². The minimum Gasteiger partial charge on any atom is -0.490 e. The number of halogens is 1. The standard InChI is InChI=1S/C13H21FN2O2/c1-4-5-18-13-7-12(11(15)6-10(13)14)16(3)9(2)8-17/h6-7,9,17H,4-5,8,15H2,1-3H3. The second-order valence-corrected chi connectivity index (χ2v) is 4.33. The first-order chi connectivity index (χ1) is 8.51. The van der Waals surface area contributed by atoms with Gasteiger partial charge in [-0.1, -0.05) is 6.92 Å². The summed E-state index contributed by atoms with van der Waals surface area (Å²) in [5.41, 5.74) is 6.78. The number of hydrogen-bond acceptors (Lipinski definition) is 4. The van der Waals surface area contributed by atoms with Crippen molar-refractivity contribution in [2.24, 2.45) is 0 Å². The smallest absolute Gasteiger partial charge is 0.167 e. The quantitative estimate of drug-likeness (QED) is 0.764. The highest BCUT2D eigenvalue weighted by Gasteiger charge is 2.15. The highest BCUT2D eigenvalue weighted by Crippen LogP contribution is 2.31. The first-order valence-corrected chi connectivity index (χ1v) is 6.06. The molecule has 4 nitrogen and oxygen atoms in total. The van der Waals surface area contributed by atoms with Crippen molar-refractivity contribution >= 4 is 11.4 Å². The summed E-state index contributed by atoms with van der Waals surface area (Å²) in [4.78, 5) is 1.80. The van der Waals surface area contributed by atoms with Gasteiger partial charge in [0.1, 0.15) is 0 Å². The summed E-state index contributed by atoms with van der Waals surface area (Å²) in [6, 6.07) is 2.73. The predicted molar refractivity (Wildman–Crippen MR) is 71.5 cm³/mol. The molecule has 0 saturated heterocycles. The van der Waals surface area contributed by atoms with E-state index in [0.717, 1.165) is 6.42 Å². The van der Waals surface area contributed by atoms with Crippen molar-refractivity contribution in [3.05, 3.63) is 17.9 Å². The first kappa shape index (κ1) is 14.6. The highest BCUT2D eigenvalue weighted by atomic mass is 19.1. The summed E-state index contributed by atoms with van der Waals surface area (Å²) < 4.78 is 19.0. The lowest BCUT2D eigenvalue weighted by Crippen LogP contribution is -2.32. The second-order valence-electron chi connectivity index (χ2n) is 4.33. The number of benzene rings is 1. The highest BCUT2D eigenvalue weighted by molar-refractivity contribution is 5.70. The van der Waals surface area contributed by atoms with E-state index in [1.807, 2.05) is 13.8 Å². The summed E-state index contributed by atoms with van der Waals surface area (Å²) in [6.45, 7) is 4.27. The molecule has 0 aromatic heterocycles. The molecule has 0 aliphatic carbocycles. The van der Waals surface area contributed by atoms with Crippen LogP contribution in [0.2, 0.25) is 0 Å². The van der Waals surface area contributed by atoms with Crippen molar-refractivity contribution < 1.29 is 14.2 Å². The molecule has 1 unspecified atom stereocenters. The van der Waals surface area contributed by atoms with Gasteiger partial charge in [0.2, 0.25) is 0 Å². The molecule has 5 heteroatoms. The number of likely N-dealkylation sites (N-methyl/N-ethyl adjacent to an activating group) is 1. The van der Waals surface area contributed by atoms with Gasteiger partial charge in [0.25, 0.3) is 0 Å². The van der Waals surface area contributed by atoms with E-state index in [0.29, 0.717) is 18.0 Å². The molecule has 3 N–H and O–H groups in total. The average molecular weight is 256 g/mol. The van der Waals surface area contributed by atoms with Gasteiger partial charge >= 0.3 is 0 Å². The summed E-state index contributed by atoms with van der Waals surface area (Å²) in [7, 11) is 1.80. The maximum atomic E-state index is 13.6. The minimum atomic E-state index is -0.463. The molecule has 18 heavy (non-hydrogen) atoms. The number of anilines is 2. The van der Waals surface area contributed by atoms with Crippen LogP contribution in [0.1, 0.15) is 20.3 Å². The predicted octanol–water partition coefficient (Wildman–Crippen LogP) is 2.01. The van der Waals surface area contributed by atoms with E-state index in [9.17, 15) is 4.39 Å². The van der Waals surface area contributed by atoms with E-state index < -0.39 is 5.82 Å². The van der Waals surface area contributed by atoms with Crippen LogP contribution < -0.4 is 15.4 Å². The van der Waals surface area contributed by atoms with Gasteiger partial charge in [0, 0.05) is 25.2 Å². The van der Waals surface area contributed by atoms with Crippen LogP contribution in [-0.2, 0) is 0 Å². The van der Waals surface area contributed by atoms with Gasteiger partial charge in [-0.25, -0.2) is 4.39 Å². The molecule has 0 aliphatic rings. The number of rotatable bonds is 6. The molecule has 1 aromatic rings. The molecule has 0 radical (unpaired) electrons. The Balaban J connectivity index is 3.04. The van der Waals surface area contributed by atoms with Gasteiger partial charge in [-0.3, -0.25) is 0 Å². The maximum Gasteiger partial charge on any atom is 0.167 e. The molecular weight excluding hydrogens is 235 g/mol. The van der Waals surface area contributed by atoms with Gasteiger partial charge in [0.05, 0.1) is 24.6 Å². The Morgan fingerprint density at radius 1 is 1.50 bits per heavy atom. The summed E-state index contributed by atoms with van der Waals surface area (Å²) in [5, 5.41) is 9.13. The van der Waals surface area contributed by atoms with Crippen molar-refractivity contribution in [1.82, 2.24) is 0 Å². The molecule has 0 heterocycles. The van der Waals surface area contributed by atoms with Gasteiger partial charge in [-0.15, -0.1) is 0 Å². The van der Waals surface area contributed by atoms with Gasteiger partial charge in [0.15, 0.2) is 11.6 Å². The zero-order chi connectivity index (χ0) is 13.7. The van der Waals surface area contributed by atoms with Crippen LogP contribution in [0.25, 0.3) is 0 Å². The van der Waals surface area contributed by atoms with E-state index in [-0.39, 0.29) is 18.4 Å². The van der Waals surface area contributed by atoms with Crippen LogP contribution in [0.15, 0.2) is 12.1 Å². The molecule has 0 saturated carbocycles. The molecule has 0 fully saturated rings. The Kier molecular flexibility index (Phi) is 5.22. The van der Waals surface area contributed by atoms with Crippen molar-refractivity contribution in [2.75, 3.05) is 30.9 Å². The molecule has 0 amide bonds. The molecule has 0 bridgehead atoms. The van der Waals surface area contributed by atoms with Gasteiger partial charge in [-0.05, 0) is 13.3 Å². The van der Waals surface area contributed by atoms with Crippen LogP contribution in [0.4, 0.5) is 15.8 Å². The topological polar surface area (TPSA) is 58.7 Å². The lowest BCUT2D eigenvalue weighted by atomic mass is 10.2. The normalized spacial score (nSPS) is 12.3. The lowest BCUT2D eigenvalue weighted by Gasteiger charge is -2.27.